The number of carbonyl (C=O) groups excluding carboxylic acids is 1. The molecule has 1 aromatic carbocycles. The van der Waals surface area contributed by atoms with Gasteiger partial charge >= 0.3 is 12.1 Å². The van der Waals surface area contributed by atoms with Gasteiger partial charge in [0.1, 0.15) is 6.61 Å². The van der Waals surface area contributed by atoms with E-state index in [-0.39, 0.29) is 13.0 Å². The molecule has 1 amide bonds. The van der Waals surface area contributed by atoms with Gasteiger partial charge in [-0.15, -0.1) is 0 Å². The maximum Gasteiger partial charge on any atom is 0.411 e. The second kappa shape index (κ2) is 6.52. The van der Waals surface area contributed by atoms with Crippen LogP contribution in [0.3, 0.4) is 0 Å². The van der Waals surface area contributed by atoms with E-state index in [1.165, 1.54) is 5.56 Å². The standard InChI is InChI=1S/C12H15NO4/c1-2-9-3-5-10(6-4-9)13-12(16)17-8-7-11(14)15/h3-6H,2,7-8H2,1H3,(H,13,16)(H,14,15). The minimum absolute atomic E-state index is 0.131. The van der Waals surface area contributed by atoms with Gasteiger partial charge in [-0.05, 0) is 24.1 Å². The third-order valence-electron chi connectivity index (χ3n) is 2.16. The average molecular weight is 237 g/mol. The van der Waals surface area contributed by atoms with E-state index in [0.29, 0.717) is 5.69 Å². The number of nitrogens with one attached hydrogen (secondary N) is 1. The number of anilines is 1. The zero-order valence-corrected chi connectivity index (χ0v) is 9.60. The number of ether oxygens (including phenoxy) is 1. The summed E-state index contributed by atoms with van der Waals surface area (Å²) in [7, 11) is 0. The normalized spacial score (nSPS) is 9.71. The van der Waals surface area contributed by atoms with E-state index in [9.17, 15) is 9.59 Å². The van der Waals surface area contributed by atoms with Crippen molar-refractivity contribution < 1.29 is 19.4 Å². The van der Waals surface area contributed by atoms with Crippen LogP contribution in [0.1, 0.15) is 18.9 Å². The van der Waals surface area contributed by atoms with Gasteiger partial charge < -0.3 is 9.84 Å². The number of hydrogen-bond acceptors (Lipinski definition) is 3. The van der Waals surface area contributed by atoms with Gasteiger partial charge in [0.05, 0.1) is 6.42 Å². The topological polar surface area (TPSA) is 75.6 Å². The smallest absolute Gasteiger partial charge is 0.411 e. The maximum atomic E-state index is 11.2. The molecule has 92 valence electrons. The molecule has 0 radical (unpaired) electrons. The first kappa shape index (κ1) is 13.0. The van der Waals surface area contributed by atoms with Crippen molar-refractivity contribution >= 4 is 17.7 Å². The van der Waals surface area contributed by atoms with Gasteiger partial charge in [-0.3, -0.25) is 10.1 Å². The van der Waals surface area contributed by atoms with Crippen LogP contribution in [-0.4, -0.2) is 23.8 Å². The number of carboxylic acid groups (broad SMARTS) is 1. The highest BCUT2D eigenvalue weighted by molar-refractivity contribution is 5.84. The quantitative estimate of drug-likeness (QED) is 0.823. The molecule has 5 nitrogen and oxygen atoms in total. The Labute approximate surface area is 99.4 Å². The average Bonchev–Trinajstić information content (AvgIpc) is 2.29. The predicted molar refractivity (Wildman–Crippen MR) is 63.0 cm³/mol. The first-order chi connectivity index (χ1) is 8.11. The molecule has 17 heavy (non-hydrogen) atoms. The number of carboxylic acids is 1. The highest BCUT2D eigenvalue weighted by atomic mass is 16.5. The molecule has 0 unspecified atom stereocenters. The molecule has 0 heterocycles. The molecule has 0 saturated heterocycles. The molecule has 0 aliphatic heterocycles. The molecule has 1 rings (SSSR count). The molecular weight excluding hydrogens is 222 g/mol. The lowest BCUT2D eigenvalue weighted by atomic mass is 10.1. The van der Waals surface area contributed by atoms with Crippen LogP contribution in [0.25, 0.3) is 0 Å². The summed E-state index contributed by atoms with van der Waals surface area (Å²) >= 11 is 0. The van der Waals surface area contributed by atoms with Crippen molar-refractivity contribution in [3.63, 3.8) is 0 Å². The fraction of sp³-hybridized carbons (Fsp3) is 0.333. The molecule has 1 aromatic rings. The van der Waals surface area contributed by atoms with Gasteiger partial charge in [0, 0.05) is 5.69 Å². The molecular formula is C12H15NO4. The first-order valence-corrected chi connectivity index (χ1v) is 5.36. The molecule has 0 bridgehead atoms. The van der Waals surface area contributed by atoms with Crippen molar-refractivity contribution in [1.82, 2.24) is 0 Å². The Morgan fingerprint density at radius 1 is 1.29 bits per heavy atom. The van der Waals surface area contributed by atoms with Crippen molar-refractivity contribution in [1.29, 1.82) is 0 Å². The number of benzene rings is 1. The Kier molecular flexibility index (Phi) is 5.00. The lowest BCUT2D eigenvalue weighted by molar-refractivity contribution is -0.137. The summed E-state index contributed by atoms with van der Waals surface area (Å²) in [5.74, 6) is -0.995. The van der Waals surface area contributed by atoms with Crippen LogP contribution in [-0.2, 0) is 16.0 Å². The summed E-state index contributed by atoms with van der Waals surface area (Å²) in [6, 6.07) is 7.37. The molecule has 0 aliphatic carbocycles. The molecule has 0 aromatic heterocycles. The third-order valence-corrected chi connectivity index (χ3v) is 2.16. The van der Waals surface area contributed by atoms with Gasteiger partial charge in [0.2, 0.25) is 0 Å². The monoisotopic (exact) mass is 237 g/mol. The minimum Gasteiger partial charge on any atom is -0.481 e. The van der Waals surface area contributed by atoms with E-state index in [2.05, 4.69) is 10.1 Å². The fourth-order valence-electron chi connectivity index (χ4n) is 1.21. The van der Waals surface area contributed by atoms with Crippen LogP contribution in [0.2, 0.25) is 0 Å². The number of hydrogen-bond donors (Lipinski definition) is 2. The van der Waals surface area contributed by atoms with E-state index in [1.807, 2.05) is 19.1 Å². The summed E-state index contributed by atoms with van der Waals surface area (Å²) in [6.45, 7) is 1.91. The number of aliphatic carboxylic acids is 1. The number of rotatable bonds is 5. The number of amides is 1. The van der Waals surface area contributed by atoms with Crippen LogP contribution >= 0.6 is 0 Å². The van der Waals surface area contributed by atoms with E-state index in [0.717, 1.165) is 6.42 Å². The van der Waals surface area contributed by atoms with Crippen molar-refractivity contribution in [2.24, 2.45) is 0 Å². The van der Waals surface area contributed by atoms with Crippen LogP contribution in [0.4, 0.5) is 10.5 Å². The Bertz CT molecular complexity index is 386. The lowest BCUT2D eigenvalue weighted by Crippen LogP contribution is -2.15. The highest BCUT2D eigenvalue weighted by Crippen LogP contribution is 2.10. The molecule has 0 fully saturated rings. The van der Waals surface area contributed by atoms with Crippen molar-refractivity contribution in [2.75, 3.05) is 11.9 Å². The SMILES string of the molecule is CCc1ccc(NC(=O)OCCC(=O)O)cc1. The summed E-state index contributed by atoms with van der Waals surface area (Å²) in [6.07, 6.45) is 0.0985. The summed E-state index contributed by atoms with van der Waals surface area (Å²) in [4.78, 5) is 21.4. The predicted octanol–water partition coefficient (Wildman–Crippen LogP) is 2.27. The van der Waals surface area contributed by atoms with Crippen LogP contribution < -0.4 is 5.32 Å². The fourth-order valence-corrected chi connectivity index (χ4v) is 1.21. The van der Waals surface area contributed by atoms with Crippen molar-refractivity contribution in [3.8, 4) is 0 Å². The molecule has 0 atom stereocenters. The first-order valence-electron chi connectivity index (χ1n) is 5.36. The van der Waals surface area contributed by atoms with Gasteiger partial charge in [0.25, 0.3) is 0 Å². The summed E-state index contributed by atoms with van der Waals surface area (Å²) in [5, 5.41) is 10.9. The van der Waals surface area contributed by atoms with Gasteiger partial charge in [0.15, 0.2) is 0 Å². The Morgan fingerprint density at radius 2 is 1.94 bits per heavy atom. The molecule has 0 aliphatic rings. The molecule has 0 spiro atoms. The zero-order valence-electron chi connectivity index (χ0n) is 9.60. The Morgan fingerprint density at radius 3 is 2.47 bits per heavy atom. The van der Waals surface area contributed by atoms with E-state index in [1.54, 1.807) is 12.1 Å². The third kappa shape index (κ3) is 5.01. The maximum absolute atomic E-state index is 11.2. The Hall–Kier alpha value is -2.04. The summed E-state index contributed by atoms with van der Waals surface area (Å²) < 4.78 is 4.68. The minimum atomic E-state index is -0.995. The number of carbonyl (C=O) groups is 2. The van der Waals surface area contributed by atoms with E-state index >= 15 is 0 Å². The molecule has 0 saturated carbocycles. The molecule has 2 N–H and O–H groups in total. The van der Waals surface area contributed by atoms with E-state index in [4.69, 9.17) is 5.11 Å². The van der Waals surface area contributed by atoms with Crippen molar-refractivity contribution in [3.05, 3.63) is 29.8 Å². The van der Waals surface area contributed by atoms with Crippen LogP contribution in [0.15, 0.2) is 24.3 Å². The second-order valence-electron chi connectivity index (χ2n) is 3.46. The van der Waals surface area contributed by atoms with E-state index < -0.39 is 12.1 Å². The van der Waals surface area contributed by atoms with Crippen molar-refractivity contribution in [2.45, 2.75) is 19.8 Å². The summed E-state index contributed by atoms with van der Waals surface area (Å²) in [5.41, 5.74) is 1.80. The van der Waals surface area contributed by atoms with Gasteiger partial charge in [-0.1, -0.05) is 19.1 Å². The largest absolute Gasteiger partial charge is 0.481 e. The van der Waals surface area contributed by atoms with Gasteiger partial charge in [-0.25, -0.2) is 4.79 Å². The highest BCUT2D eigenvalue weighted by Gasteiger charge is 2.04. The Balaban J connectivity index is 2.37. The van der Waals surface area contributed by atoms with Gasteiger partial charge in [-0.2, -0.15) is 0 Å². The zero-order chi connectivity index (χ0) is 12.7. The lowest BCUT2D eigenvalue weighted by Gasteiger charge is -2.06. The van der Waals surface area contributed by atoms with Crippen LogP contribution in [0, 0.1) is 0 Å². The number of aryl methyl sites for hydroxylation is 1. The van der Waals surface area contributed by atoms with Crippen LogP contribution in [0.5, 0.6) is 0 Å². The molecule has 5 heteroatoms. The second-order valence-corrected chi connectivity index (χ2v) is 3.46.